The summed E-state index contributed by atoms with van der Waals surface area (Å²) in [6.07, 6.45) is 2.86. The molecule has 0 amide bonds. The van der Waals surface area contributed by atoms with Crippen LogP contribution in [0.1, 0.15) is 13.3 Å². The number of aromatic nitrogens is 2. The Hall–Kier alpha value is -2.10. The summed E-state index contributed by atoms with van der Waals surface area (Å²) in [5, 5.41) is 0. The molecule has 1 aromatic carbocycles. The zero-order valence-corrected chi connectivity index (χ0v) is 15.8. The van der Waals surface area contributed by atoms with Gasteiger partial charge in [0.25, 0.3) is 0 Å². The highest BCUT2D eigenvalue weighted by Gasteiger charge is 2.29. The van der Waals surface area contributed by atoms with Crippen molar-refractivity contribution < 1.29 is 22.3 Å². The zero-order chi connectivity index (χ0) is 19.3. The Morgan fingerprint density at radius 3 is 2.63 bits per heavy atom. The summed E-state index contributed by atoms with van der Waals surface area (Å²) in [4.78, 5) is 7.88. The molecule has 9 heteroatoms. The molecular formula is C18H22FN3O4S. The van der Waals surface area contributed by atoms with Crippen molar-refractivity contribution in [2.45, 2.75) is 19.4 Å². The first-order valence-electron chi connectivity index (χ1n) is 8.75. The summed E-state index contributed by atoms with van der Waals surface area (Å²) < 4.78 is 50.6. The number of sulfonamides is 1. The van der Waals surface area contributed by atoms with Gasteiger partial charge in [0.1, 0.15) is 5.75 Å². The minimum Gasteiger partial charge on any atom is -0.493 e. The van der Waals surface area contributed by atoms with Crippen molar-refractivity contribution in [2.75, 3.05) is 25.6 Å². The van der Waals surface area contributed by atoms with E-state index in [0.29, 0.717) is 37.8 Å². The van der Waals surface area contributed by atoms with Crippen LogP contribution >= 0.6 is 0 Å². The lowest BCUT2D eigenvalue weighted by Gasteiger charge is -2.31. The molecule has 27 heavy (non-hydrogen) atoms. The highest BCUT2D eigenvalue weighted by atomic mass is 32.2. The SMILES string of the molecule is CCS(=O)(=O)NC1CCOCC1COc1ccc(-c2ncc(F)cn2)cc1. The third-order valence-corrected chi connectivity index (χ3v) is 5.80. The summed E-state index contributed by atoms with van der Waals surface area (Å²) in [6, 6.07) is 6.93. The van der Waals surface area contributed by atoms with Crippen LogP contribution in [0.25, 0.3) is 11.4 Å². The molecule has 2 aromatic rings. The van der Waals surface area contributed by atoms with Crippen LogP contribution in [0.15, 0.2) is 36.7 Å². The number of rotatable bonds is 7. The van der Waals surface area contributed by atoms with Gasteiger partial charge in [0, 0.05) is 24.1 Å². The maximum absolute atomic E-state index is 12.9. The lowest BCUT2D eigenvalue weighted by Crippen LogP contribution is -2.47. The average Bonchev–Trinajstić information content (AvgIpc) is 2.68. The van der Waals surface area contributed by atoms with E-state index < -0.39 is 15.8 Å². The molecule has 1 N–H and O–H groups in total. The van der Waals surface area contributed by atoms with Crippen molar-refractivity contribution in [2.24, 2.45) is 5.92 Å². The van der Waals surface area contributed by atoms with Gasteiger partial charge < -0.3 is 9.47 Å². The first-order valence-corrected chi connectivity index (χ1v) is 10.4. The molecule has 0 radical (unpaired) electrons. The number of hydrogen-bond acceptors (Lipinski definition) is 6. The van der Waals surface area contributed by atoms with Gasteiger partial charge in [0.15, 0.2) is 11.6 Å². The molecule has 1 aliphatic rings. The molecule has 146 valence electrons. The molecule has 2 unspecified atom stereocenters. The van der Waals surface area contributed by atoms with Crippen LogP contribution in [0, 0.1) is 11.7 Å². The topological polar surface area (TPSA) is 90.4 Å². The molecule has 0 spiro atoms. The Morgan fingerprint density at radius 2 is 1.96 bits per heavy atom. The van der Waals surface area contributed by atoms with Crippen LogP contribution in [0.2, 0.25) is 0 Å². The number of hydrogen-bond donors (Lipinski definition) is 1. The predicted molar refractivity (Wildman–Crippen MR) is 98.2 cm³/mol. The van der Waals surface area contributed by atoms with Crippen molar-refractivity contribution >= 4 is 10.0 Å². The first-order chi connectivity index (χ1) is 13.0. The summed E-state index contributed by atoms with van der Waals surface area (Å²) in [5.41, 5.74) is 0.747. The van der Waals surface area contributed by atoms with Gasteiger partial charge in [-0.2, -0.15) is 0 Å². The van der Waals surface area contributed by atoms with Crippen LogP contribution in [0.4, 0.5) is 4.39 Å². The molecule has 1 saturated heterocycles. The minimum atomic E-state index is -3.28. The number of benzene rings is 1. The van der Waals surface area contributed by atoms with Gasteiger partial charge in [-0.25, -0.2) is 27.5 Å². The molecule has 1 fully saturated rings. The van der Waals surface area contributed by atoms with Crippen molar-refractivity contribution in [3.63, 3.8) is 0 Å². The van der Waals surface area contributed by atoms with E-state index in [2.05, 4.69) is 14.7 Å². The molecule has 0 bridgehead atoms. The van der Waals surface area contributed by atoms with Crippen molar-refractivity contribution in [3.05, 3.63) is 42.5 Å². The van der Waals surface area contributed by atoms with E-state index in [-0.39, 0.29) is 17.7 Å². The molecular weight excluding hydrogens is 373 g/mol. The van der Waals surface area contributed by atoms with Crippen molar-refractivity contribution in [1.29, 1.82) is 0 Å². The molecule has 3 rings (SSSR count). The van der Waals surface area contributed by atoms with E-state index in [1.54, 1.807) is 31.2 Å². The Kier molecular flexibility index (Phi) is 6.35. The van der Waals surface area contributed by atoms with Crippen molar-refractivity contribution in [1.82, 2.24) is 14.7 Å². The number of nitrogens with zero attached hydrogens (tertiary/aromatic N) is 2. The fourth-order valence-corrected chi connectivity index (χ4v) is 3.73. The Labute approximate surface area is 158 Å². The summed E-state index contributed by atoms with van der Waals surface area (Å²) in [5.74, 6) is 0.563. The summed E-state index contributed by atoms with van der Waals surface area (Å²) >= 11 is 0. The molecule has 2 atom stereocenters. The lowest BCUT2D eigenvalue weighted by atomic mass is 9.98. The van der Waals surface area contributed by atoms with E-state index in [9.17, 15) is 12.8 Å². The fraction of sp³-hybridized carbons (Fsp3) is 0.444. The quantitative estimate of drug-likeness (QED) is 0.771. The molecule has 0 saturated carbocycles. The van der Waals surface area contributed by atoms with Gasteiger partial charge in [0.05, 0.1) is 31.4 Å². The van der Waals surface area contributed by atoms with Gasteiger partial charge in [-0.3, -0.25) is 0 Å². The zero-order valence-electron chi connectivity index (χ0n) is 15.0. The fourth-order valence-electron chi connectivity index (χ4n) is 2.80. The smallest absolute Gasteiger partial charge is 0.211 e. The van der Waals surface area contributed by atoms with Crippen LogP contribution in [-0.4, -0.2) is 50.0 Å². The van der Waals surface area contributed by atoms with Crippen LogP contribution in [-0.2, 0) is 14.8 Å². The van der Waals surface area contributed by atoms with E-state index in [4.69, 9.17) is 9.47 Å². The van der Waals surface area contributed by atoms with Gasteiger partial charge in [-0.05, 0) is 37.6 Å². The average molecular weight is 395 g/mol. The number of nitrogens with one attached hydrogen (secondary N) is 1. The predicted octanol–water partition coefficient (Wildman–Crippen LogP) is 2.01. The normalized spacial score (nSPS) is 20.4. The summed E-state index contributed by atoms with van der Waals surface area (Å²) in [6.45, 7) is 2.92. The maximum atomic E-state index is 12.9. The van der Waals surface area contributed by atoms with Gasteiger partial charge >= 0.3 is 0 Å². The van der Waals surface area contributed by atoms with E-state index >= 15 is 0 Å². The highest BCUT2D eigenvalue weighted by molar-refractivity contribution is 7.89. The summed E-state index contributed by atoms with van der Waals surface area (Å²) in [7, 11) is -3.28. The molecule has 0 aliphatic carbocycles. The monoisotopic (exact) mass is 395 g/mol. The van der Waals surface area contributed by atoms with Gasteiger partial charge in [0.2, 0.25) is 10.0 Å². The van der Waals surface area contributed by atoms with E-state index in [1.165, 1.54) is 0 Å². The van der Waals surface area contributed by atoms with Crippen LogP contribution in [0.5, 0.6) is 5.75 Å². The van der Waals surface area contributed by atoms with Crippen molar-refractivity contribution in [3.8, 4) is 17.1 Å². The van der Waals surface area contributed by atoms with Crippen LogP contribution in [0.3, 0.4) is 0 Å². The second-order valence-corrected chi connectivity index (χ2v) is 8.35. The first kappa shape index (κ1) is 19.7. The molecule has 1 aromatic heterocycles. The largest absolute Gasteiger partial charge is 0.493 e. The number of halogens is 1. The molecule has 2 heterocycles. The van der Waals surface area contributed by atoms with Crippen LogP contribution < -0.4 is 9.46 Å². The molecule has 1 aliphatic heterocycles. The Balaban J connectivity index is 1.60. The van der Waals surface area contributed by atoms with E-state index in [1.807, 2.05) is 0 Å². The second-order valence-electron chi connectivity index (χ2n) is 6.31. The number of ether oxygens (including phenoxy) is 2. The Bertz CT molecular complexity index is 844. The third-order valence-electron chi connectivity index (χ3n) is 4.38. The maximum Gasteiger partial charge on any atom is 0.211 e. The third kappa shape index (κ3) is 5.44. The Morgan fingerprint density at radius 1 is 1.26 bits per heavy atom. The lowest BCUT2D eigenvalue weighted by molar-refractivity contribution is 0.0186. The highest BCUT2D eigenvalue weighted by Crippen LogP contribution is 2.22. The standard InChI is InChI=1S/C18H22FN3O4S/c1-2-27(23,24)22-17-7-8-25-11-14(17)12-26-16-5-3-13(4-6-16)18-20-9-15(19)10-21-18/h3-6,9-10,14,17,22H,2,7-8,11-12H2,1H3. The van der Waals surface area contributed by atoms with Gasteiger partial charge in [-0.15, -0.1) is 0 Å². The second kappa shape index (κ2) is 8.73. The minimum absolute atomic E-state index is 0.0465. The van der Waals surface area contributed by atoms with E-state index in [0.717, 1.165) is 18.0 Å². The van der Waals surface area contributed by atoms with Gasteiger partial charge in [-0.1, -0.05) is 0 Å². The molecule has 7 nitrogen and oxygen atoms in total.